The molecule has 3 amide bonds. The van der Waals surface area contributed by atoms with Crippen LogP contribution in [-0.4, -0.2) is 29.4 Å². The molecule has 0 unspecified atom stereocenters. The van der Waals surface area contributed by atoms with E-state index in [0.29, 0.717) is 5.56 Å². The van der Waals surface area contributed by atoms with Crippen LogP contribution >= 0.6 is 34.8 Å². The third-order valence-corrected chi connectivity index (χ3v) is 5.74. The molecule has 0 aromatic heterocycles. The lowest BCUT2D eigenvalue weighted by Gasteiger charge is -2.20. The maximum atomic E-state index is 12.1. The van der Waals surface area contributed by atoms with Gasteiger partial charge in [-0.3, -0.25) is 30.6 Å². The van der Waals surface area contributed by atoms with Gasteiger partial charge in [-0.2, -0.15) is 0 Å². The predicted octanol–water partition coefficient (Wildman–Crippen LogP) is 1.93. The van der Waals surface area contributed by atoms with Gasteiger partial charge < -0.3 is 5.32 Å². The second-order valence-electron chi connectivity index (χ2n) is 6.47. The van der Waals surface area contributed by atoms with Gasteiger partial charge in [-0.05, 0) is 72.3 Å². The van der Waals surface area contributed by atoms with Crippen molar-refractivity contribution in [2.75, 3.05) is 6.54 Å². The zero-order chi connectivity index (χ0) is 19.8. The largest absolute Gasteiger partial charge is 0.347 e. The van der Waals surface area contributed by atoms with Crippen LogP contribution in [0.4, 0.5) is 0 Å². The second-order valence-corrected chi connectivity index (χ2v) is 8.04. The number of halogens is 1. The van der Waals surface area contributed by atoms with Crippen molar-refractivity contribution in [2.24, 2.45) is 5.92 Å². The zero-order valence-corrected chi connectivity index (χ0v) is 18.0. The molecule has 0 heterocycles. The molecule has 0 bridgehead atoms. The van der Waals surface area contributed by atoms with E-state index in [0.717, 1.165) is 34.8 Å². The molecule has 0 radical (unpaired) electrons. The molecule has 0 atom stereocenters. The number of hydrazine groups is 1. The summed E-state index contributed by atoms with van der Waals surface area (Å²) in [5, 5.41) is 5.10. The number of hydrogen-bond donors (Lipinski definition) is 4. The summed E-state index contributed by atoms with van der Waals surface area (Å²) in [5.74, 6) is -0.905. The summed E-state index contributed by atoms with van der Waals surface area (Å²) in [6.45, 7) is 1.81. The number of rotatable bonds is 4. The number of carbonyl (C=O) groups excluding carboxylic acids is 3. The summed E-state index contributed by atoms with van der Waals surface area (Å²) in [6.07, 6.45) is 5.03. The van der Waals surface area contributed by atoms with E-state index in [1.807, 2.05) is 13.0 Å². The number of carbonyl (C=O) groups is 3. The van der Waals surface area contributed by atoms with Crippen molar-refractivity contribution in [3.63, 3.8) is 0 Å². The van der Waals surface area contributed by atoms with Crippen molar-refractivity contribution in [3.05, 3.63) is 32.9 Å². The molecule has 0 aliphatic heterocycles. The van der Waals surface area contributed by atoms with Gasteiger partial charge in [0.1, 0.15) is 0 Å². The van der Waals surface area contributed by atoms with E-state index in [1.165, 1.54) is 6.42 Å². The van der Waals surface area contributed by atoms with Gasteiger partial charge in [0.2, 0.25) is 5.91 Å². The summed E-state index contributed by atoms with van der Waals surface area (Å²) < 4.78 is 0.973. The number of nitrogens with one attached hydrogen (secondary N) is 4. The quantitative estimate of drug-likeness (QED) is 0.287. The lowest BCUT2D eigenvalue weighted by atomic mass is 9.89. The number of amides is 3. The average Bonchev–Trinajstić information content (AvgIpc) is 2.67. The molecule has 1 aliphatic carbocycles. The van der Waals surface area contributed by atoms with Crippen molar-refractivity contribution in [1.82, 2.24) is 21.5 Å². The van der Waals surface area contributed by atoms with Crippen LogP contribution in [0.2, 0.25) is 0 Å². The number of thiocarbonyl (C=S) groups is 1. The Kier molecular flexibility index (Phi) is 8.42. The van der Waals surface area contributed by atoms with E-state index in [4.69, 9.17) is 12.2 Å². The van der Waals surface area contributed by atoms with E-state index in [9.17, 15) is 14.4 Å². The van der Waals surface area contributed by atoms with Crippen molar-refractivity contribution in [3.8, 4) is 0 Å². The van der Waals surface area contributed by atoms with Crippen molar-refractivity contribution in [1.29, 1.82) is 0 Å². The molecule has 27 heavy (non-hydrogen) atoms. The first kappa shape index (κ1) is 21.5. The zero-order valence-electron chi connectivity index (χ0n) is 15.1. The van der Waals surface area contributed by atoms with Gasteiger partial charge >= 0.3 is 0 Å². The Morgan fingerprint density at radius 2 is 1.85 bits per heavy atom. The molecule has 2 rings (SSSR count). The number of benzene rings is 1. The van der Waals surface area contributed by atoms with Gasteiger partial charge in [-0.25, -0.2) is 0 Å². The van der Waals surface area contributed by atoms with Crippen LogP contribution < -0.4 is 21.5 Å². The number of hydrogen-bond acceptors (Lipinski definition) is 4. The minimum atomic E-state index is -0.444. The van der Waals surface area contributed by atoms with E-state index >= 15 is 0 Å². The van der Waals surface area contributed by atoms with Crippen LogP contribution in [0.5, 0.6) is 0 Å². The van der Waals surface area contributed by atoms with Gasteiger partial charge in [-0.15, -0.1) is 0 Å². The van der Waals surface area contributed by atoms with E-state index < -0.39 is 5.91 Å². The Bertz CT molecular complexity index is 735. The third-order valence-electron chi connectivity index (χ3n) is 4.38. The van der Waals surface area contributed by atoms with Crippen LogP contribution in [0, 0.1) is 16.4 Å². The molecular formula is C18H23IN4O3S. The summed E-state index contributed by atoms with van der Waals surface area (Å²) in [4.78, 5) is 36.0. The molecular weight excluding hydrogens is 479 g/mol. The molecule has 0 saturated heterocycles. The summed E-state index contributed by atoms with van der Waals surface area (Å²) in [6, 6.07) is 5.31. The van der Waals surface area contributed by atoms with Crippen molar-refractivity contribution < 1.29 is 14.4 Å². The normalized spacial score (nSPS) is 14.1. The van der Waals surface area contributed by atoms with E-state index in [2.05, 4.69) is 44.1 Å². The van der Waals surface area contributed by atoms with Crippen molar-refractivity contribution >= 4 is 57.6 Å². The van der Waals surface area contributed by atoms with Crippen LogP contribution in [0.15, 0.2) is 18.2 Å². The molecule has 1 saturated carbocycles. The lowest BCUT2D eigenvalue weighted by Crippen LogP contribution is -2.51. The van der Waals surface area contributed by atoms with Gasteiger partial charge in [0.25, 0.3) is 11.8 Å². The van der Waals surface area contributed by atoms with Crippen LogP contribution in [0.1, 0.15) is 48.0 Å². The fourth-order valence-electron chi connectivity index (χ4n) is 2.79. The Morgan fingerprint density at radius 1 is 1.15 bits per heavy atom. The lowest BCUT2D eigenvalue weighted by molar-refractivity contribution is -0.129. The maximum absolute atomic E-state index is 12.1. The molecule has 7 nitrogen and oxygen atoms in total. The van der Waals surface area contributed by atoms with Crippen LogP contribution in [0.25, 0.3) is 0 Å². The Balaban J connectivity index is 1.69. The topological polar surface area (TPSA) is 99.3 Å². The van der Waals surface area contributed by atoms with Gasteiger partial charge in [-0.1, -0.05) is 25.3 Å². The average molecular weight is 502 g/mol. The highest BCUT2D eigenvalue weighted by Gasteiger charge is 2.21. The molecule has 4 N–H and O–H groups in total. The van der Waals surface area contributed by atoms with E-state index in [-0.39, 0.29) is 29.4 Å². The molecule has 1 aromatic carbocycles. The minimum absolute atomic E-state index is 0.00261. The molecule has 146 valence electrons. The molecule has 0 spiro atoms. The highest BCUT2D eigenvalue weighted by Crippen LogP contribution is 2.23. The summed E-state index contributed by atoms with van der Waals surface area (Å²) >= 11 is 7.15. The Hall–Kier alpha value is -1.75. The third kappa shape index (κ3) is 7.06. The van der Waals surface area contributed by atoms with Crippen LogP contribution in [-0.2, 0) is 9.59 Å². The molecule has 1 fully saturated rings. The first-order valence-electron chi connectivity index (χ1n) is 8.81. The maximum Gasteiger partial charge on any atom is 0.257 e. The first-order valence-corrected chi connectivity index (χ1v) is 10.3. The number of aryl methyl sites for hydroxylation is 1. The molecule has 1 aromatic rings. The highest BCUT2D eigenvalue weighted by atomic mass is 127. The van der Waals surface area contributed by atoms with E-state index in [1.54, 1.807) is 12.1 Å². The minimum Gasteiger partial charge on any atom is -0.347 e. The molecule has 1 aliphatic rings. The molecule has 9 heteroatoms. The fraction of sp³-hybridized carbons (Fsp3) is 0.444. The summed E-state index contributed by atoms with van der Waals surface area (Å²) in [5.41, 5.74) is 6.37. The monoisotopic (exact) mass is 502 g/mol. The second kappa shape index (κ2) is 10.5. The smallest absolute Gasteiger partial charge is 0.257 e. The van der Waals surface area contributed by atoms with Crippen LogP contribution in [0.3, 0.4) is 0 Å². The van der Waals surface area contributed by atoms with Crippen molar-refractivity contribution in [2.45, 2.75) is 39.0 Å². The standard InChI is InChI=1S/C18H23IN4O3S/c1-11-7-8-13(9-14(11)19)17(26)21-18(27)23-22-15(24)10-20-16(25)12-5-3-2-4-6-12/h7-9,12H,2-6,10H2,1H3,(H,20,25)(H,22,24)(H2,21,23,26,27). The van der Waals surface area contributed by atoms with Gasteiger partial charge in [0, 0.05) is 15.1 Å². The van der Waals surface area contributed by atoms with Gasteiger partial charge in [0.05, 0.1) is 6.54 Å². The van der Waals surface area contributed by atoms with Gasteiger partial charge in [0.15, 0.2) is 5.11 Å². The first-order chi connectivity index (χ1) is 12.9. The Labute approximate surface area is 177 Å². The SMILES string of the molecule is Cc1ccc(C(=O)NC(=S)NNC(=O)CNC(=O)C2CCCCC2)cc1I. The highest BCUT2D eigenvalue weighted by molar-refractivity contribution is 14.1. The Morgan fingerprint density at radius 3 is 2.52 bits per heavy atom. The predicted molar refractivity (Wildman–Crippen MR) is 115 cm³/mol. The summed E-state index contributed by atoms with van der Waals surface area (Å²) in [7, 11) is 0. The fourth-order valence-corrected chi connectivity index (χ4v) is 3.45.